The quantitative estimate of drug-likeness (QED) is 0.550. The van der Waals surface area contributed by atoms with Gasteiger partial charge in [-0.15, -0.1) is 0 Å². The van der Waals surface area contributed by atoms with Gasteiger partial charge in [-0.05, 0) is 13.3 Å². The van der Waals surface area contributed by atoms with E-state index in [2.05, 4.69) is 9.26 Å². The monoisotopic (exact) mass is 238 g/mol. The van der Waals surface area contributed by atoms with Crippen LogP contribution in [0.15, 0.2) is 0 Å². The Morgan fingerprint density at radius 2 is 1.80 bits per heavy atom. The minimum atomic E-state index is -3.76. The fourth-order valence-corrected chi connectivity index (χ4v) is 1.31. The molecule has 0 amide bonds. The van der Waals surface area contributed by atoms with Gasteiger partial charge in [0.2, 0.25) is 0 Å². The molecule has 0 rings (SSSR count). The molecule has 0 radical (unpaired) electrons. The molecule has 0 aliphatic heterocycles. The molecule has 0 aliphatic rings. The maximum atomic E-state index is 10.9. The van der Waals surface area contributed by atoms with Gasteiger partial charge in [0.25, 0.3) is 0 Å². The maximum absolute atomic E-state index is 10.9. The maximum Gasteiger partial charge on any atom is 0.375 e. The summed E-state index contributed by atoms with van der Waals surface area (Å²) in [5.41, 5.74) is 0. The molecule has 0 aliphatic carbocycles. The Morgan fingerprint density at radius 1 is 1.27 bits per heavy atom. The van der Waals surface area contributed by atoms with Gasteiger partial charge in [0.05, 0.1) is 6.61 Å². The Balaban J connectivity index is 3.65. The molecule has 0 aromatic rings. The highest BCUT2D eigenvalue weighted by Gasteiger charge is 2.16. The van der Waals surface area contributed by atoms with Gasteiger partial charge in [0, 0.05) is 19.5 Å². The van der Waals surface area contributed by atoms with Gasteiger partial charge in [0.1, 0.15) is 0 Å². The fourth-order valence-electron chi connectivity index (χ4n) is 0.845. The van der Waals surface area contributed by atoms with Crippen molar-refractivity contribution in [2.24, 2.45) is 0 Å². The summed E-state index contributed by atoms with van der Waals surface area (Å²) in [6.45, 7) is 2.91. The summed E-state index contributed by atoms with van der Waals surface area (Å²) in [7, 11) is -3.76. The first-order chi connectivity index (χ1) is 6.85. The summed E-state index contributed by atoms with van der Waals surface area (Å²) in [4.78, 5) is 30.4. The van der Waals surface area contributed by atoms with E-state index in [0.29, 0.717) is 6.61 Å². The number of ether oxygens (including phenoxy) is 1. The lowest BCUT2D eigenvalue weighted by atomic mass is 10.2. The number of hydrogen-bond donors (Lipinski definition) is 1. The lowest BCUT2D eigenvalue weighted by molar-refractivity contribution is -0.143. The normalized spacial score (nSPS) is 14.1. The Hall–Kier alpha value is -0.870. The van der Waals surface area contributed by atoms with Crippen LogP contribution in [0.25, 0.3) is 0 Å². The van der Waals surface area contributed by atoms with Crippen molar-refractivity contribution in [3.63, 3.8) is 0 Å². The zero-order valence-corrected chi connectivity index (χ0v) is 9.66. The molecule has 0 aromatic carbocycles. The summed E-state index contributed by atoms with van der Waals surface area (Å²) in [6.07, 6.45) is 0.275. The SMILES string of the molecule is CCOC(=O)CCCC(=O)OP(C)(=O)O. The van der Waals surface area contributed by atoms with Gasteiger partial charge in [-0.3, -0.25) is 9.59 Å². The topological polar surface area (TPSA) is 89.9 Å². The highest BCUT2D eigenvalue weighted by atomic mass is 31.2. The molecule has 0 saturated carbocycles. The molecule has 88 valence electrons. The molecule has 7 heteroatoms. The number of carbonyl (C=O) groups is 2. The third-order valence-electron chi connectivity index (χ3n) is 1.34. The summed E-state index contributed by atoms with van der Waals surface area (Å²) in [6, 6.07) is 0. The van der Waals surface area contributed by atoms with E-state index in [1.807, 2.05) is 0 Å². The third kappa shape index (κ3) is 9.43. The highest BCUT2D eigenvalue weighted by molar-refractivity contribution is 7.52. The zero-order chi connectivity index (χ0) is 11.9. The van der Waals surface area contributed by atoms with Crippen molar-refractivity contribution in [3.05, 3.63) is 0 Å². The second kappa shape index (κ2) is 6.58. The highest BCUT2D eigenvalue weighted by Crippen LogP contribution is 2.37. The predicted molar refractivity (Wildman–Crippen MR) is 52.3 cm³/mol. The first kappa shape index (κ1) is 14.1. The summed E-state index contributed by atoms with van der Waals surface area (Å²) >= 11 is 0. The van der Waals surface area contributed by atoms with Crippen LogP contribution in [0.4, 0.5) is 0 Å². The van der Waals surface area contributed by atoms with Crippen LogP contribution in [0.2, 0.25) is 0 Å². The number of esters is 1. The minimum Gasteiger partial charge on any atom is -0.466 e. The summed E-state index contributed by atoms with van der Waals surface area (Å²) < 4.78 is 19.5. The van der Waals surface area contributed by atoms with Gasteiger partial charge in [0.15, 0.2) is 0 Å². The Morgan fingerprint density at radius 3 is 2.27 bits per heavy atom. The van der Waals surface area contributed by atoms with E-state index in [9.17, 15) is 14.2 Å². The molecule has 15 heavy (non-hydrogen) atoms. The lowest BCUT2D eigenvalue weighted by Gasteiger charge is -2.06. The van der Waals surface area contributed by atoms with Crippen molar-refractivity contribution in [2.45, 2.75) is 26.2 Å². The molecule has 1 atom stereocenters. The van der Waals surface area contributed by atoms with Gasteiger partial charge in [-0.25, -0.2) is 4.57 Å². The van der Waals surface area contributed by atoms with Crippen LogP contribution in [0.3, 0.4) is 0 Å². The van der Waals surface area contributed by atoms with Gasteiger partial charge in [-0.1, -0.05) is 0 Å². The molecule has 0 fully saturated rings. The molecule has 1 unspecified atom stereocenters. The molecular weight excluding hydrogens is 223 g/mol. The van der Waals surface area contributed by atoms with Gasteiger partial charge >= 0.3 is 19.5 Å². The molecule has 0 heterocycles. The standard InChI is InChI=1S/C8H15O6P/c1-3-13-7(9)5-4-6-8(10)14-15(2,11)12/h3-6H2,1-2H3,(H,11,12). The Bertz CT molecular complexity index is 268. The van der Waals surface area contributed by atoms with E-state index >= 15 is 0 Å². The van der Waals surface area contributed by atoms with Crippen LogP contribution >= 0.6 is 7.60 Å². The van der Waals surface area contributed by atoms with E-state index in [4.69, 9.17) is 4.89 Å². The molecule has 0 aromatic heterocycles. The largest absolute Gasteiger partial charge is 0.466 e. The number of carbonyl (C=O) groups excluding carboxylic acids is 2. The zero-order valence-electron chi connectivity index (χ0n) is 8.76. The minimum absolute atomic E-state index is 0.0722. The molecule has 0 bridgehead atoms. The van der Waals surface area contributed by atoms with Crippen molar-refractivity contribution in [3.8, 4) is 0 Å². The smallest absolute Gasteiger partial charge is 0.375 e. The van der Waals surface area contributed by atoms with Crippen molar-refractivity contribution >= 4 is 19.5 Å². The summed E-state index contributed by atoms with van der Waals surface area (Å²) in [5.74, 6) is -1.18. The van der Waals surface area contributed by atoms with Crippen LogP contribution in [0.5, 0.6) is 0 Å². The molecular formula is C8H15O6P. The van der Waals surface area contributed by atoms with Crippen molar-refractivity contribution < 1.29 is 28.3 Å². The molecule has 6 nitrogen and oxygen atoms in total. The van der Waals surface area contributed by atoms with E-state index in [1.54, 1.807) is 6.92 Å². The Kier molecular flexibility index (Phi) is 6.20. The fraction of sp³-hybridized carbons (Fsp3) is 0.750. The van der Waals surface area contributed by atoms with Crippen LogP contribution < -0.4 is 0 Å². The first-order valence-corrected chi connectivity index (χ1v) is 6.56. The predicted octanol–water partition coefficient (Wildman–Crippen LogP) is 1.08. The van der Waals surface area contributed by atoms with Crippen LogP contribution in [-0.2, 0) is 23.4 Å². The van der Waals surface area contributed by atoms with E-state index in [0.717, 1.165) is 6.66 Å². The second-order valence-corrected chi connectivity index (χ2v) is 4.71. The van der Waals surface area contributed by atoms with Crippen molar-refractivity contribution in [2.75, 3.05) is 13.3 Å². The van der Waals surface area contributed by atoms with E-state index in [-0.39, 0.29) is 19.3 Å². The van der Waals surface area contributed by atoms with Crippen LogP contribution in [-0.4, -0.2) is 30.1 Å². The number of rotatable bonds is 6. The molecule has 0 saturated heterocycles. The lowest BCUT2D eigenvalue weighted by Crippen LogP contribution is -2.06. The first-order valence-electron chi connectivity index (χ1n) is 4.53. The average molecular weight is 238 g/mol. The van der Waals surface area contributed by atoms with Crippen molar-refractivity contribution in [1.29, 1.82) is 0 Å². The average Bonchev–Trinajstić information content (AvgIpc) is 2.00. The summed E-state index contributed by atoms with van der Waals surface area (Å²) in [5, 5.41) is 0. The number of hydrogen-bond acceptors (Lipinski definition) is 5. The van der Waals surface area contributed by atoms with E-state index in [1.165, 1.54) is 0 Å². The Labute approximate surface area is 88.1 Å². The van der Waals surface area contributed by atoms with Gasteiger partial charge in [-0.2, -0.15) is 0 Å². The van der Waals surface area contributed by atoms with E-state index < -0.39 is 19.5 Å². The van der Waals surface area contributed by atoms with Crippen LogP contribution in [0, 0.1) is 0 Å². The van der Waals surface area contributed by atoms with Crippen LogP contribution in [0.1, 0.15) is 26.2 Å². The molecule has 0 spiro atoms. The van der Waals surface area contributed by atoms with Gasteiger partial charge < -0.3 is 14.2 Å². The molecule has 1 N–H and O–H groups in total. The van der Waals surface area contributed by atoms with Crippen molar-refractivity contribution in [1.82, 2.24) is 0 Å². The third-order valence-corrected chi connectivity index (χ3v) is 1.88. The second-order valence-electron chi connectivity index (χ2n) is 2.92.